The minimum atomic E-state index is -0.0392. The standard InChI is InChI=1S/C15H19N3O/c19-14-12-8-4-5-9-13(12)16-15(17-14)18-10-6-2-1-3-7-11-18/h4-5,8-9H,1-3,6-7,10-11H2,(H,16,17,19). The van der Waals surface area contributed by atoms with Crippen molar-refractivity contribution in [2.24, 2.45) is 0 Å². The van der Waals surface area contributed by atoms with Crippen LogP contribution in [-0.2, 0) is 0 Å². The Bertz CT molecular complexity index is 612. The highest BCUT2D eigenvalue weighted by atomic mass is 16.1. The minimum absolute atomic E-state index is 0.0392. The molecule has 1 aliphatic rings. The number of benzene rings is 1. The fourth-order valence-corrected chi connectivity index (χ4v) is 2.68. The predicted molar refractivity (Wildman–Crippen MR) is 77.7 cm³/mol. The van der Waals surface area contributed by atoms with E-state index < -0.39 is 0 Å². The molecule has 4 heteroatoms. The van der Waals surface area contributed by atoms with E-state index >= 15 is 0 Å². The summed E-state index contributed by atoms with van der Waals surface area (Å²) in [5.74, 6) is 0.727. The molecule has 4 nitrogen and oxygen atoms in total. The number of hydrogen-bond acceptors (Lipinski definition) is 3. The quantitative estimate of drug-likeness (QED) is 0.854. The van der Waals surface area contributed by atoms with Gasteiger partial charge in [-0.05, 0) is 25.0 Å². The van der Waals surface area contributed by atoms with Crippen LogP contribution in [0, 0.1) is 0 Å². The molecule has 0 saturated carbocycles. The zero-order valence-electron chi connectivity index (χ0n) is 11.1. The number of fused-ring (bicyclic) bond motifs is 1. The van der Waals surface area contributed by atoms with Gasteiger partial charge in [-0.15, -0.1) is 0 Å². The van der Waals surface area contributed by atoms with Gasteiger partial charge < -0.3 is 4.90 Å². The average Bonchev–Trinajstić information content (AvgIpc) is 2.38. The lowest BCUT2D eigenvalue weighted by Gasteiger charge is -2.25. The highest BCUT2D eigenvalue weighted by Crippen LogP contribution is 2.16. The summed E-state index contributed by atoms with van der Waals surface area (Å²) in [6.45, 7) is 1.97. The van der Waals surface area contributed by atoms with E-state index in [9.17, 15) is 4.79 Å². The van der Waals surface area contributed by atoms with Crippen LogP contribution in [0.25, 0.3) is 10.9 Å². The summed E-state index contributed by atoms with van der Waals surface area (Å²) < 4.78 is 0. The van der Waals surface area contributed by atoms with E-state index in [1.165, 1.54) is 32.1 Å². The van der Waals surface area contributed by atoms with Crippen LogP contribution in [0.2, 0.25) is 0 Å². The van der Waals surface area contributed by atoms with Gasteiger partial charge in [-0.25, -0.2) is 4.98 Å². The zero-order chi connectivity index (χ0) is 13.1. The maximum atomic E-state index is 12.1. The number of nitrogens with zero attached hydrogens (tertiary/aromatic N) is 2. The zero-order valence-corrected chi connectivity index (χ0v) is 11.1. The monoisotopic (exact) mass is 257 g/mol. The van der Waals surface area contributed by atoms with Crippen LogP contribution in [0.1, 0.15) is 32.1 Å². The third kappa shape index (κ3) is 2.62. The molecule has 0 aliphatic carbocycles. The van der Waals surface area contributed by atoms with E-state index in [-0.39, 0.29) is 5.56 Å². The molecule has 3 rings (SSSR count). The number of para-hydroxylation sites is 1. The molecule has 1 saturated heterocycles. The molecule has 1 N–H and O–H groups in total. The van der Waals surface area contributed by atoms with Gasteiger partial charge in [0.1, 0.15) is 0 Å². The first-order chi connectivity index (χ1) is 9.34. The normalized spacial score (nSPS) is 17.2. The first-order valence-electron chi connectivity index (χ1n) is 7.08. The van der Waals surface area contributed by atoms with Crippen molar-refractivity contribution in [3.63, 3.8) is 0 Å². The molecule has 0 atom stereocenters. The van der Waals surface area contributed by atoms with Crippen molar-refractivity contribution in [2.75, 3.05) is 18.0 Å². The SMILES string of the molecule is O=c1[nH]c(N2CCCCCCC2)nc2ccccc12. The van der Waals surface area contributed by atoms with Crippen molar-refractivity contribution in [1.82, 2.24) is 9.97 Å². The van der Waals surface area contributed by atoms with Crippen LogP contribution in [0.15, 0.2) is 29.1 Å². The van der Waals surface area contributed by atoms with Crippen molar-refractivity contribution in [3.05, 3.63) is 34.6 Å². The van der Waals surface area contributed by atoms with E-state index in [1.54, 1.807) is 0 Å². The maximum Gasteiger partial charge on any atom is 0.260 e. The molecular weight excluding hydrogens is 238 g/mol. The Hall–Kier alpha value is -1.84. The van der Waals surface area contributed by atoms with E-state index in [0.29, 0.717) is 5.39 Å². The van der Waals surface area contributed by atoms with Gasteiger partial charge >= 0.3 is 0 Å². The molecule has 1 fully saturated rings. The molecule has 0 unspecified atom stereocenters. The summed E-state index contributed by atoms with van der Waals surface area (Å²) in [4.78, 5) is 21.8. The molecule has 1 aromatic carbocycles. The number of nitrogens with one attached hydrogen (secondary N) is 1. The largest absolute Gasteiger partial charge is 0.342 e. The van der Waals surface area contributed by atoms with Gasteiger partial charge in [-0.2, -0.15) is 0 Å². The molecule has 1 aliphatic heterocycles. The van der Waals surface area contributed by atoms with Gasteiger partial charge in [0.15, 0.2) is 0 Å². The topological polar surface area (TPSA) is 49.0 Å². The number of anilines is 1. The second-order valence-electron chi connectivity index (χ2n) is 5.16. The summed E-state index contributed by atoms with van der Waals surface area (Å²) in [5, 5.41) is 0.665. The number of aromatic nitrogens is 2. The Labute approximate surface area is 112 Å². The van der Waals surface area contributed by atoms with Crippen molar-refractivity contribution >= 4 is 16.9 Å². The first-order valence-corrected chi connectivity index (χ1v) is 7.08. The molecule has 0 radical (unpaired) electrons. The Morgan fingerprint density at radius 1 is 1.00 bits per heavy atom. The van der Waals surface area contributed by atoms with E-state index in [2.05, 4.69) is 14.9 Å². The molecule has 0 spiro atoms. The highest BCUT2D eigenvalue weighted by molar-refractivity contribution is 5.78. The lowest BCUT2D eigenvalue weighted by Crippen LogP contribution is -2.30. The first kappa shape index (κ1) is 12.2. The molecule has 2 aromatic rings. The van der Waals surface area contributed by atoms with Crippen LogP contribution in [0.5, 0.6) is 0 Å². The van der Waals surface area contributed by atoms with E-state index in [1.807, 2.05) is 24.3 Å². The smallest absolute Gasteiger partial charge is 0.260 e. The Morgan fingerprint density at radius 3 is 2.47 bits per heavy atom. The number of hydrogen-bond donors (Lipinski definition) is 1. The van der Waals surface area contributed by atoms with Crippen LogP contribution in [0.4, 0.5) is 5.95 Å². The molecule has 2 heterocycles. The summed E-state index contributed by atoms with van der Waals surface area (Å²) in [7, 11) is 0. The number of rotatable bonds is 1. The third-order valence-electron chi connectivity index (χ3n) is 3.76. The molecular formula is C15H19N3O. The summed E-state index contributed by atoms with van der Waals surface area (Å²) >= 11 is 0. The van der Waals surface area contributed by atoms with Gasteiger partial charge in [0, 0.05) is 13.1 Å². The fraction of sp³-hybridized carbons (Fsp3) is 0.467. The molecule has 100 valence electrons. The molecule has 0 bridgehead atoms. The fourth-order valence-electron chi connectivity index (χ4n) is 2.68. The highest BCUT2D eigenvalue weighted by Gasteiger charge is 2.12. The Morgan fingerprint density at radius 2 is 1.68 bits per heavy atom. The van der Waals surface area contributed by atoms with Crippen LogP contribution >= 0.6 is 0 Å². The predicted octanol–water partition coefficient (Wildman–Crippen LogP) is 2.69. The summed E-state index contributed by atoms with van der Waals surface area (Å²) in [6, 6.07) is 7.51. The number of aromatic amines is 1. The van der Waals surface area contributed by atoms with Gasteiger partial charge in [0.2, 0.25) is 5.95 Å². The van der Waals surface area contributed by atoms with Crippen molar-refractivity contribution < 1.29 is 0 Å². The van der Waals surface area contributed by atoms with Crippen molar-refractivity contribution in [2.45, 2.75) is 32.1 Å². The van der Waals surface area contributed by atoms with Crippen molar-refractivity contribution in [3.8, 4) is 0 Å². The lowest BCUT2D eigenvalue weighted by atomic mass is 10.1. The average molecular weight is 257 g/mol. The minimum Gasteiger partial charge on any atom is -0.342 e. The van der Waals surface area contributed by atoms with Crippen LogP contribution in [0.3, 0.4) is 0 Å². The second kappa shape index (κ2) is 5.43. The summed E-state index contributed by atoms with van der Waals surface area (Å²) in [6.07, 6.45) is 6.23. The Balaban J connectivity index is 1.97. The van der Waals surface area contributed by atoms with Gasteiger partial charge in [-0.3, -0.25) is 9.78 Å². The van der Waals surface area contributed by atoms with Crippen LogP contribution in [-0.4, -0.2) is 23.1 Å². The van der Waals surface area contributed by atoms with E-state index in [4.69, 9.17) is 0 Å². The second-order valence-corrected chi connectivity index (χ2v) is 5.16. The molecule has 19 heavy (non-hydrogen) atoms. The third-order valence-corrected chi connectivity index (χ3v) is 3.76. The Kier molecular flexibility index (Phi) is 3.49. The molecule has 1 aromatic heterocycles. The van der Waals surface area contributed by atoms with Crippen LogP contribution < -0.4 is 10.5 Å². The van der Waals surface area contributed by atoms with E-state index in [0.717, 1.165) is 24.6 Å². The van der Waals surface area contributed by atoms with Crippen molar-refractivity contribution in [1.29, 1.82) is 0 Å². The lowest BCUT2D eigenvalue weighted by molar-refractivity contribution is 0.550. The van der Waals surface area contributed by atoms with Gasteiger partial charge in [-0.1, -0.05) is 31.4 Å². The maximum absolute atomic E-state index is 12.1. The molecule has 0 amide bonds. The summed E-state index contributed by atoms with van der Waals surface area (Å²) in [5.41, 5.74) is 0.742. The van der Waals surface area contributed by atoms with Gasteiger partial charge in [0.25, 0.3) is 5.56 Å². The van der Waals surface area contributed by atoms with Gasteiger partial charge in [0.05, 0.1) is 10.9 Å². The number of H-pyrrole nitrogens is 1.